The van der Waals surface area contributed by atoms with Crippen molar-refractivity contribution in [3.8, 4) is 0 Å². The fourth-order valence-electron chi connectivity index (χ4n) is 1.71. The summed E-state index contributed by atoms with van der Waals surface area (Å²) in [5.74, 6) is 0. The molecule has 3 heteroatoms. The van der Waals surface area contributed by atoms with Gasteiger partial charge in [-0.15, -0.1) is 0 Å². The van der Waals surface area contributed by atoms with E-state index in [9.17, 15) is 5.11 Å². The molecular weight excluding hydrogens is 154 g/mol. The minimum atomic E-state index is -0.480. The Labute approximate surface area is 72.4 Å². The molecule has 3 nitrogen and oxygen atoms in total. The lowest BCUT2D eigenvalue weighted by atomic mass is 9.87. The summed E-state index contributed by atoms with van der Waals surface area (Å²) in [6.07, 6.45) is 4.78. The van der Waals surface area contributed by atoms with Gasteiger partial charge in [-0.2, -0.15) is 0 Å². The van der Waals surface area contributed by atoms with Crippen LogP contribution in [0.4, 0.5) is 0 Å². The molecule has 1 fully saturated rings. The Morgan fingerprint density at radius 1 is 1.58 bits per heavy atom. The number of aliphatic hydroxyl groups is 1. The zero-order chi connectivity index (χ0) is 8.44. The van der Waals surface area contributed by atoms with Gasteiger partial charge in [0.25, 0.3) is 0 Å². The Morgan fingerprint density at radius 3 is 2.92 bits per heavy atom. The van der Waals surface area contributed by atoms with Gasteiger partial charge in [-0.3, -0.25) is 0 Å². The molecule has 0 saturated carbocycles. The highest BCUT2D eigenvalue weighted by molar-refractivity contribution is 5.09. The van der Waals surface area contributed by atoms with Crippen LogP contribution in [0.25, 0.3) is 0 Å². The van der Waals surface area contributed by atoms with E-state index in [0.29, 0.717) is 0 Å². The molecule has 2 rings (SSSR count). The normalized spacial score (nSPS) is 26.9. The van der Waals surface area contributed by atoms with Crippen molar-refractivity contribution in [2.75, 3.05) is 19.7 Å². The number of nitrogens with one attached hydrogen (secondary N) is 1. The summed E-state index contributed by atoms with van der Waals surface area (Å²) in [4.78, 5) is 0. The van der Waals surface area contributed by atoms with E-state index in [4.69, 9.17) is 4.74 Å². The van der Waals surface area contributed by atoms with Crippen LogP contribution in [0, 0.1) is 0 Å². The highest BCUT2D eigenvalue weighted by Gasteiger charge is 2.35. The van der Waals surface area contributed by atoms with Crippen LogP contribution in [0.1, 0.15) is 19.3 Å². The summed E-state index contributed by atoms with van der Waals surface area (Å²) < 4.78 is 5.20. The van der Waals surface area contributed by atoms with Crippen LogP contribution < -0.4 is 5.32 Å². The van der Waals surface area contributed by atoms with Crippen molar-refractivity contribution in [1.29, 1.82) is 0 Å². The first-order valence-corrected chi connectivity index (χ1v) is 4.51. The Hall–Kier alpha value is -0.540. The van der Waals surface area contributed by atoms with Crippen LogP contribution in [0.2, 0.25) is 0 Å². The van der Waals surface area contributed by atoms with Crippen LogP contribution in [0.3, 0.4) is 0 Å². The average Bonchev–Trinajstić information content (AvgIpc) is 2.04. The highest BCUT2D eigenvalue weighted by atomic mass is 16.5. The number of β-amino-alcohol motifs (C(OH)–C–C–N with tert-alkyl or cyclic N) is 1. The van der Waals surface area contributed by atoms with Gasteiger partial charge in [-0.05, 0) is 18.4 Å². The van der Waals surface area contributed by atoms with Crippen LogP contribution in [0.5, 0.6) is 0 Å². The molecular formula is C9H15NO2. The minimum absolute atomic E-state index is 0.480. The van der Waals surface area contributed by atoms with Crippen LogP contribution in [-0.2, 0) is 4.74 Å². The van der Waals surface area contributed by atoms with E-state index in [1.807, 2.05) is 6.26 Å². The molecule has 0 bridgehead atoms. The Morgan fingerprint density at radius 2 is 2.42 bits per heavy atom. The molecule has 0 aromatic carbocycles. The molecule has 68 valence electrons. The second-order valence-electron chi connectivity index (χ2n) is 3.76. The molecule has 0 unspecified atom stereocenters. The van der Waals surface area contributed by atoms with Gasteiger partial charge in [-0.1, -0.05) is 0 Å². The maximum atomic E-state index is 9.80. The number of ether oxygens (including phenoxy) is 1. The standard InChI is InChI=1S/C9H15NO2/c11-9(6-10-7-9)4-8-2-1-3-12-5-8/h5,10-11H,1-4,6-7H2. The summed E-state index contributed by atoms with van der Waals surface area (Å²) in [6, 6.07) is 0. The SMILES string of the molecule is OC1(CC2=COCCC2)CNC1. The summed E-state index contributed by atoms with van der Waals surface area (Å²) in [5.41, 5.74) is 0.775. The summed E-state index contributed by atoms with van der Waals surface area (Å²) in [5, 5.41) is 12.9. The van der Waals surface area contributed by atoms with E-state index in [-0.39, 0.29) is 0 Å². The number of hydrogen-bond acceptors (Lipinski definition) is 3. The minimum Gasteiger partial charge on any atom is -0.501 e. The molecule has 2 aliphatic rings. The third-order valence-electron chi connectivity index (χ3n) is 2.47. The molecule has 2 heterocycles. The van der Waals surface area contributed by atoms with E-state index in [2.05, 4.69) is 5.32 Å². The lowest BCUT2D eigenvalue weighted by Crippen LogP contribution is -2.59. The third kappa shape index (κ3) is 1.62. The smallest absolute Gasteiger partial charge is 0.0933 e. The van der Waals surface area contributed by atoms with Crippen molar-refractivity contribution in [2.24, 2.45) is 0 Å². The molecule has 2 aliphatic heterocycles. The summed E-state index contributed by atoms with van der Waals surface area (Å²) in [6.45, 7) is 2.29. The van der Waals surface area contributed by atoms with E-state index < -0.39 is 5.60 Å². The monoisotopic (exact) mass is 169 g/mol. The van der Waals surface area contributed by atoms with Gasteiger partial charge in [-0.25, -0.2) is 0 Å². The lowest BCUT2D eigenvalue weighted by molar-refractivity contribution is -0.0111. The second kappa shape index (κ2) is 3.07. The Balaban J connectivity index is 1.88. The van der Waals surface area contributed by atoms with E-state index in [0.717, 1.165) is 39.0 Å². The average molecular weight is 169 g/mol. The van der Waals surface area contributed by atoms with Crippen molar-refractivity contribution in [3.63, 3.8) is 0 Å². The van der Waals surface area contributed by atoms with E-state index >= 15 is 0 Å². The van der Waals surface area contributed by atoms with Crippen molar-refractivity contribution < 1.29 is 9.84 Å². The fourth-order valence-corrected chi connectivity index (χ4v) is 1.71. The van der Waals surface area contributed by atoms with Gasteiger partial charge in [0, 0.05) is 19.5 Å². The summed E-state index contributed by atoms with van der Waals surface area (Å²) in [7, 11) is 0. The van der Waals surface area contributed by atoms with Crippen LogP contribution in [-0.4, -0.2) is 30.4 Å². The van der Waals surface area contributed by atoms with E-state index in [1.165, 1.54) is 5.57 Å². The maximum absolute atomic E-state index is 9.80. The van der Waals surface area contributed by atoms with Crippen LogP contribution in [0.15, 0.2) is 11.8 Å². The number of hydrogen-bond donors (Lipinski definition) is 2. The van der Waals surface area contributed by atoms with Gasteiger partial charge < -0.3 is 15.2 Å². The molecule has 0 aliphatic carbocycles. The first kappa shape index (κ1) is 8.08. The van der Waals surface area contributed by atoms with Gasteiger partial charge in [0.15, 0.2) is 0 Å². The molecule has 1 saturated heterocycles. The lowest BCUT2D eigenvalue weighted by Gasteiger charge is -2.38. The third-order valence-corrected chi connectivity index (χ3v) is 2.47. The van der Waals surface area contributed by atoms with Crippen molar-refractivity contribution in [3.05, 3.63) is 11.8 Å². The van der Waals surface area contributed by atoms with Gasteiger partial charge in [0.05, 0.1) is 18.5 Å². The molecule has 0 spiro atoms. The molecule has 0 atom stereocenters. The van der Waals surface area contributed by atoms with Crippen molar-refractivity contribution in [1.82, 2.24) is 5.32 Å². The molecule has 0 amide bonds. The second-order valence-corrected chi connectivity index (χ2v) is 3.76. The molecule has 0 aromatic heterocycles. The molecule has 2 N–H and O–H groups in total. The largest absolute Gasteiger partial charge is 0.501 e. The molecule has 0 radical (unpaired) electrons. The Bertz CT molecular complexity index is 197. The zero-order valence-corrected chi connectivity index (χ0v) is 7.18. The fraction of sp³-hybridized carbons (Fsp3) is 0.778. The van der Waals surface area contributed by atoms with Gasteiger partial charge in [0.1, 0.15) is 0 Å². The first-order chi connectivity index (χ1) is 5.79. The molecule has 12 heavy (non-hydrogen) atoms. The first-order valence-electron chi connectivity index (χ1n) is 4.51. The summed E-state index contributed by atoms with van der Waals surface area (Å²) >= 11 is 0. The topological polar surface area (TPSA) is 41.5 Å². The molecule has 0 aromatic rings. The van der Waals surface area contributed by atoms with Crippen molar-refractivity contribution in [2.45, 2.75) is 24.9 Å². The quantitative estimate of drug-likeness (QED) is 0.629. The number of rotatable bonds is 2. The van der Waals surface area contributed by atoms with E-state index in [1.54, 1.807) is 0 Å². The zero-order valence-electron chi connectivity index (χ0n) is 7.18. The van der Waals surface area contributed by atoms with Crippen LogP contribution >= 0.6 is 0 Å². The maximum Gasteiger partial charge on any atom is 0.0933 e. The van der Waals surface area contributed by atoms with Crippen molar-refractivity contribution >= 4 is 0 Å². The predicted octanol–water partition coefficient (Wildman–Crippen LogP) is 0.405. The predicted molar refractivity (Wildman–Crippen MR) is 45.7 cm³/mol. The Kier molecular flexibility index (Phi) is 2.07. The van der Waals surface area contributed by atoms with Gasteiger partial charge >= 0.3 is 0 Å². The van der Waals surface area contributed by atoms with Gasteiger partial charge in [0.2, 0.25) is 0 Å². The highest BCUT2D eigenvalue weighted by Crippen LogP contribution is 2.25.